The number of amides is 1. The minimum absolute atomic E-state index is 0. The van der Waals surface area contributed by atoms with E-state index in [1.54, 1.807) is 11.0 Å². The smallest absolute Gasteiger partial charge is 0.226 e. The largest absolute Gasteiger partial charge is 0.326 e. The van der Waals surface area contributed by atoms with E-state index in [1.807, 2.05) is 6.07 Å². The summed E-state index contributed by atoms with van der Waals surface area (Å²) in [7, 11) is 0. The Labute approximate surface area is 129 Å². The van der Waals surface area contributed by atoms with Gasteiger partial charge in [-0.1, -0.05) is 6.07 Å². The van der Waals surface area contributed by atoms with Crippen LogP contribution < -0.4 is 10.6 Å². The van der Waals surface area contributed by atoms with Gasteiger partial charge in [-0.05, 0) is 36.2 Å². The van der Waals surface area contributed by atoms with Crippen LogP contribution in [0, 0.1) is 0 Å². The molecule has 1 aliphatic heterocycles. The summed E-state index contributed by atoms with van der Waals surface area (Å²) in [5, 5.41) is 10.2. The molecule has 0 spiro atoms. The number of aryl methyl sites for hydroxylation is 1. The van der Waals surface area contributed by atoms with Crippen molar-refractivity contribution in [3.63, 3.8) is 0 Å². The minimum atomic E-state index is -0.00998. The monoisotopic (exact) mass is 307 g/mol. The van der Waals surface area contributed by atoms with E-state index in [-0.39, 0.29) is 18.3 Å². The van der Waals surface area contributed by atoms with Crippen molar-refractivity contribution in [2.75, 3.05) is 11.9 Å². The van der Waals surface area contributed by atoms with Gasteiger partial charge in [-0.2, -0.15) is 5.10 Å². The Morgan fingerprint density at radius 3 is 3.10 bits per heavy atom. The van der Waals surface area contributed by atoms with Crippen LogP contribution in [0.3, 0.4) is 0 Å². The van der Waals surface area contributed by atoms with Crippen LogP contribution in [0.2, 0.25) is 0 Å². The first-order valence-corrected chi connectivity index (χ1v) is 6.76. The number of fused-ring (bicyclic) bond motifs is 1. The zero-order chi connectivity index (χ0) is 13.8. The Kier molecular flexibility index (Phi) is 5.30. The van der Waals surface area contributed by atoms with Crippen molar-refractivity contribution in [2.24, 2.45) is 0 Å². The first-order chi connectivity index (χ1) is 9.81. The second-order valence-corrected chi connectivity index (χ2v) is 4.87. The van der Waals surface area contributed by atoms with E-state index in [0.29, 0.717) is 13.0 Å². The maximum Gasteiger partial charge on any atom is 0.226 e. The molecule has 2 N–H and O–H groups in total. The molecule has 0 saturated heterocycles. The number of hydrogen-bond acceptors (Lipinski definition) is 4. The van der Waals surface area contributed by atoms with Crippen LogP contribution in [0.1, 0.15) is 17.5 Å². The van der Waals surface area contributed by atoms with Gasteiger partial charge in [-0.25, -0.2) is 4.98 Å². The maximum absolute atomic E-state index is 11.9. The first-order valence-electron chi connectivity index (χ1n) is 6.76. The number of halogens is 1. The molecule has 2 heterocycles. The molecule has 1 aliphatic rings. The van der Waals surface area contributed by atoms with Crippen molar-refractivity contribution in [1.29, 1.82) is 0 Å². The van der Waals surface area contributed by atoms with Crippen LogP contribution in [0.4, 0.5) is 5.69 Å². The second kappa shape index (κ2) is 7.19. The fraction of sp³-hybridized carbons (Fsp3) is 0.357. The molecule has 0 saturated carbocycles. The summed E-state index contributed by atoms with van der Waals surface area (Å²) in [6.45, 7) is 2.44. The minimum Gasteiger partial charge on any atom is -0.326 e. The van der Waals surface area contributed by atoms with E-state index in [9.17, 15) is 4.79 Å². The molecule has 6 nitrogen and oxygen atoms in total. The molecule has 0 radical (unpaired) electrons. The summed E-state index contributed by atoms with van der Waals surface area (Å²) in [5.74, 6) is -0.00998. The van der Waals surface area contributed by atoms with Crippen LogP contribution in [-0.2, 0) is 24.3 Å². The van der Waals surface area contributed by atoms with Crippen LogP contribution in [0.5, 0.6) is 0 Å². The Morgan fingerprint density at radius 1 is 1.38 bits per heavy atom. The van der Waals surface area contributed by atoms with E-state index < -0.39 is 0 Å². The Balaban J connectivity index is 0.00000161. The van der Waals surface area contributed by atoms with E-state index in [4.69, 9.17) is 0 Å². The zero-order valence-electron chi connectivity index (χ0n) is 11.6. The van der Waals surface area contributed by atoms with Gasteiger partial charge in [0.05, 0.1) is 6.54 Å². The molecular formula is C14H18ClN5O. The van der Waals surface area contributed by atoms with Gasteiger partial charge in [-0.3, -0.25) is 9.48 Å². The fourth-order valence-electron chi connectivity index (χ4n) is 2.35. The lowest BCUT2D eigenvalue weighted by molar-refractivity contribution is -0.116. The molecule has 0 bridgehead atoms. The van der Waals surface area contributed by atoms with Gasteiger partial charge in [-0.15, -0.1) is 12.4 Å². The van der Waals surface area contributed by atoms with E-state index in [1.165, 1.54) is 17.5 Å². The quantitative estimate of drug-likeness (QED) is 0.895. The molecule has 112 valence electrons. The van der Waals surface area contributed by atoms with E-state index in [2.05, 4.69) is 32.8 Å². The Bertz CT molecular complexity index is 599. The molecule has 0 atom stereocenters. The van der Waals surface area contributed by atoms with Crippen LogP contribution in [-0.4, -0.2) is 27.2 Å². The third-order valence-corrected chi connectivity index (χ3v) is 3.41. The van der Waals surface area contributed by atoms with Gasteiger partial charge in [0.1, 0.15) is 12.7 Å². The predicted molar refractivity (Wildman–Crippen MR) is 82.4 cm³/mol. The summed E-state index contributed by atoms with van der Waals surface area (Å²) in [5.41, 5.74) is 3.49. The number of hydrogen-bond donors (Lipinski definition) is 2. The van der Waals surface area contributed by atoms with Crippen molar-refractivity contribution >= 4 is 24.0 Å². The average Bonchev–Trinajstić information content (AvgIpc) is 2.98. The van der Waals surface area contributed by atoms with Gasteiger partial charge < -0.3 is 10.6 Å². The third kappa shape index (κ3) is 4.03. The van der Waals surface area contributed by atoms with E-state index >= 15 is 0 Å². The van der Waals surface area contributed by atoms with Crippen molar-refractivity contribution in [3.8, 4) is 0 Å². The highest BCUT2D eigenvalue weighted by Gasteiger charge is 2.10. The average molecular weight is 308 g/mol. The number of carbonyl (C=O) groups is 1. The summed E-state index contributed by atoms with van der Waals surface area (Å²) in [6.07, 6.45) is 4.51. The number of anilines is 1. The predicted octanol–water partition coefficient (Wildman–Crippen LogP) is 1.37. The highest BCUT2D eigenvalue weighted by Crippen LogP contribution is 2.19. The molecule has 1 amide bonds. The van der Waals surface area contributed by atoms with Crippen molar-refractivity contribution in [2.45, 2.75) is 25.9 Å². The summed E-state index contributed by atoms with van der Waals surface area (Å²) >= 11 is 0. The highest BCUT2D eigenvalue weighted by molar-refractivity contribution is 5.90. The maximum atomic E-state index is 11.9. The van der Waals surface area contributed by atoms with Crippen LogP contribution in [0.15, 0.2) is 30.9 Å². The second-order valence-electron chi connectivity index (χ2n) is 4.87. The normalized spacial score (nSPS) is 13.1. The summed E-state index contributed by atoms with van der Waals surface area (Å²) in [6, 6.07) is 6.12. The van der Waals surface area contributed by atoms with Crippen LogP contribution in [0.25, 0.3) is 0 Å². The number of benzene rings is 1. The van der Waals surface area contributed by atoms with Crippen molar-refractivity contribution in [1.82, 2.24) is 20.1 Å². The molecule has 0 unspecified atom stereocenters. The summed E-state index contributed by atoms with van der Waals surface area (Å²) in [4.78, 5) is 15.7. The van der Waals surface area contributed by atoms with Gasteiger partial charge >= 0.3 is 0 Å². The molecule has 7 heteroatoms. The van der Waals surface area contributed by atoms with Gasteiger partial charge in [0, 0.05) is 18.7 Å². The van der Waals surface area contributed by atoms with Crippen molar-refractivity contribution < 1.29 is 4.79 Å². The van der Waals surface area contributed by atoms with E-state index in [0.717, 1.165) is 25.2 Å². The lowest BCUT2D eigenvalue weighted by atomic mass is 10.0. The van der Waals surface area contributed by atoms with Gasteiger partial charge in [0.25, 0.3) is 0 Å². The number of nitrogens with one attached hydrogen (secondary N) is 2. The number of nitrogens with zero attached hydrogens (tertiary/aromatic N) is 3. The first kappa shape index (κ1) is 15.5. The number of carbonyl (C=O) groups excluding carboxylic acids is 1. The molecule has 1 aromatic carbocycles. The highest BCUT2D eigenvalue weighted by atomic mass is 35.5. The third-order valence-electron chi connectivity index (χ3n) is 3.41. The van der Waals surface area contributed by atoms with Crippen molar-refractivity contribution in [3.05, 3.63) is 42.0 Å². The molecule has 2 aromatic rings. The standard InChI is InChI=1S/C14H17N5O.ClH/c20-14(4-6-19-10-16-9-17-19)18-13-2-1-11-3-5-15-8-12(11)7-13;/h1-2,7,9-10,15H,3-6,8H2,(H,18,20);1H. The lowest BCUT2D eigenvalue weighted by Gasteiger charge is -2.18. The molecule has 3 rings (SSSR count). The summed E-state index contributed by atoms with van der Waals surface area (Å²) < 4.78 is 1.65. The van der Waals surface area contributed by atoms with Gasteiger partial charge in [0.15, 0.2) is 0 Å². The number of rotatable bonds is 4. The SMILES string of the molecule is Cl.O=C(CCn1cncn1)Nc1ccc2c(c1)CNCC2. The molecule has 0 aliphatic carbocycles. The lowest BCUT2D eigenvalue weighted by Crippen LogP contribution is -2.23. The van der Waals surface area contributed by atoms with Gasteiger partial charge in [0.2, 0.25) is 5.91 Å². The zero-order valence-corrected chi connectivity index (χ0v) is 12.4. The Hall–Kier alpha value is -1.92. The molecule has 1 aromatic heterocycles. The molecule has 0 fully saturated rings. The Morgan fingerprint density at radius 2 is 2.29 bits per heavy atom. The topological polar surface area (TPSA) is 71.8 Å². The molecular weight excluding hydrogens is 290 g/mol. The van der Waals surface area contributed by atoms with Crippen LogP contribution >= 0.6 is 12.4 Å². The fourth-order valence-corrected chi connectivity index (χ4v) is 2.35. The molecule has 21 heavy (non-hydrogen) atoms. The number of aromatic nitrogens is 3.